The lowest BCUT2D eigenvalue weighted by atomic mass is 10.1. The summed E-state index contributed by atoms with van der Waals surface area (Å²) < 4.78 is 14.3. The Balaban J connectivity index is 0.000000197. The van der Waals surface area contributed by atoms with Crippen LogP contribution in [0.4, 0.5) is 17.2 Å². The van der Waals surface area contributed by atoms with Gasteiger partial charge in [-0.25, -0.2) is 43.6 Å². The fourth-order valence-corrected chi connectivity index (χ4v) is 8.25. The number of benzene rings is 2. The Hall–Kier alpha value is -7.92. The van der Waals surface area contributed by atoms with Crippen LogP contribution in [0.2, 0.25) is 30.7 Å². The Bertz CT molecular complexity index is 3660. The molecule has 10 rings (SSSR count). The van der Waals surface area contributed by atoms with E-state index in [4.69, 9.17) is 80.1 Å². The summed E-state index contributed by atoms with van der Waals surface area (Å²) in [7, 11) is 0. The number of H-pyrrole nitrogens is 1. The smallest absolute Gasteiger partial charge is 0.358 e. The van der Waals surface area contributed by atoms with Gasteiger partial charge in [-0.3, -0.25) is 5.10 Å². The van der Waals surface area contributed by atoms with Gasteiger partial charge in [0.25, 0.3) is 0 Å². The van der Waals surface area contributed by atoms with Gasteiger partial charge >= 0.3 is 11.9 Å². The van der Waals surface area contributed by atoms with Crippen LogP contribution in [0.15, 0.2) is 146 Å². The Kier molecular flexibility index (Phi) is 26.1. The molecule has 0 saturated carbocycles. The number of anilines is 3. The number of nitrogens with zero attached hydrogens (tertiary/aromatic N) is 11. The minimum absolute atomic E-state index is 0.247. The molecule has 8 heterocycles. The van der Waals surface area contributed by atoms with Crippen molar-refractivity contribution in [3.05, 3.63) is 222 Å². The van der Waals surface area contributed by atoms with Gasteiger partial charge in [-0.2, -0.15) is 20.4 Å². The highest BCUT2D eigenvalue weighted by atomic mass is 35.5. The number of esters is 2. The molecule has 0 aliphatic rings. The third-order valence-corrected chi connectivity index (χ3v) is 12.2. The van der Waals surface area contributed by atoms with E-state index in [1.807, 2.05) is 76.2 Å². The molecule has 0 atom stereocenters. The van der Waals surface area contributed by atoms with Gasteiger partial charge in [0.15, 0.2) is 23.1 Å². The molecule has 452 valence electrons. The summed E-state index contributed by atoms with van der Waals surface area (Å²) in [6, 6.07) is 35.8. The lowest BCUT2D eigenvalue weighted by Crippen LogP contribution is -2.16. The summed E-state index contributed by atoms with van der Waals surface area (Å²) >= 11 is 34.3. The maximum Gasteiger partial charge on any atom is 0.358 e. The number of nitrogens with two attached hydrogens (primary N) is 1. The number of carbonyl (C=O) groups excluding carboxylic acids is 2. The molecule has 10 aromatic rings. The van der Waals surface area contributed by atoms with Crippen LogP contribution in [-0.4, -0.2) is 94.8 Å². The first-order valence-electron chi connectivity index (χ1n) is 26.2. The molecule has 0 aliphatic carbocycles. The standard InChI is InChI=1S/C18H19ClN4O.C12H12ClN3O2.C12H14ClN3O.C6H5Cl2N.C6H6ClN.C6H8N2O2/c1-12-10-16(20-14-6-4-13(19)5-7-14)21-17(11-12)23-9-8-15(22-23)18(2,3)24;1-3-18-12(17)9-4-5-16(15-9)11-7-8(2)6-10(13)14-11;1-8-6-10(13)14-11(7-8)16-5-4-9(15-16)12(2,3)17;1-4-2-5(7)9-6(8)3-4;7-5-1-3-6(8)4-2-5;1-2-10-6(9)5-3-4-7-8-5/h4-11,24H,1-3H3,(H,20,21);4-7H,3H2,1-2H3;4-7,17H,1-3H3;2-3H,1H3;1-4H,8H2;3-4H,2H2,1H3,(H,7,8). The van der Waals surface area contributed by atoms with Crippen LogP contribution in [0.1, 0.15) is 96.2 Å². The van der Waals surface area contributed by atoms with Crippen LogP contribution < -0.4 is 11.1 Å². The van der Waals surface area contributed by atoms with Crippen LogP contribution >= 0.6 is 69.6 Å². The van der Waals surface area contributed by atoms with Crippen molar-refractivity contribution in [3.63, 3.8) is 0 Å². The fourth-order valence-electron chi connectivity index (χ4n) is 6.91. The van der Waals surface area contributed by atoms with Gasteiger partial charge in [-0.15, -0.1) is 0 Å². The Morgan fingerprint density at radius 1 is 0.535 bits per heavy atom. The molecular formula is C60H64Cl6N14O6. The summed E-state index contributed by atoms with van der Waals surface area (Å²) in [5.41, 5.74) is 11.0. The van der Waals surface area contributed by atoms with E-state index < -0.39 is 17.2 Å². The zero-order valence-electron chi connectivity index (χ0n) is 48.6. The van der Waals surface area contributed by atoms with Crippen LogP contribution in [0, 0.1) is 27.7 Å². The lowest BCUT2D eigenvalue weighted by molar-refractivity contribution is 0.0509. The molecule has 0 aliphatic heterocycles. The molecule has 26 heteroatoms. The van der Waals surface area contributed by atoms with E-state index in [1.54, 1.807) is 142 Å². The normalized spacial score (nSPS) is 10.7. The molecule has 0 spiro atoms. The van der Waals surface area contributed by atoms with Crippen molar-refractivity contribution in [2.24, 2.45) is 0 Å². The van der Waals surface area contributed by atoms with Crippen molar-refractivity contribution in [2.45, 2.75) is 80.4 Å². The van der Waals surface area contributed by atoms with E-state index in [0.717, 1.165) is 38.7 Å². The third-order valence-electron chi connectivity index (χ3n) is 10.9. The molecule has 2 aromatic carbocycles. The van der Waals surface area contributed by atoms with Gasteiger partial charge in [0.1, 0.15) is 43.3 Å². The molecule has 86 heavy (non-hydrogen) atoms. The number of nitrogen functional groups attached to an aromatic ring is 1. The summed E-state index contributed by atoms with van der Waals surface area (Å²) in [6.45, 7) is 18.8. The van der Waals surface area contributed by atoms with E-state index in [9.17, 15) is 19.8 Å². The maximum absolute atomic E-state index is 11.5. The molecule has 0 saturated heterocycles. The highest BCUT2D eigenvalue weighted by Crippen LogP contribution is 2.24. The first-order chi connectivity index (χ1) is 40.6. The highest BCUT2D eigenvalue weighted by molar-refractivity contribution is 6.32. The predicted octanol–water partition coefficient (Wildman–Crippen LogP) is 14.3. The van der Waals surface area contributed by atoms with Crippen molar-refractivity contribution in [2.75, 3.05) is 24.3 Å². The summed E-state index contributed by atoms with van der Waals surface area (Å²) in [6.07, 6.45) is 6.70. The van der Waals surface area contributed by atoms with Gasteiger partial charge in [-0.05, 0) is 213 Å². The minimum atomic E-state index is -0.987. The number of rotatable bonds is 11. The molecule has 0 fully saturated rings. The quantitative estimate of drug-likeness (QED) is 0.0458. The fraction of sp³-hybridized carbons (Fsp3) is 0.233. The van der Waals surface area contributed by atoms with E-state index in [0.29, 0.717) is 79.2 Å². The van der Waals surface area contributed by atoms with Gasteiger partial charge in [-0.1, -0.05) is 69.6 Å². The molecule has 0 radical (unpaired) electrons. The Morgan fingerprint density at radius 2 is 0.942 bits per heavy atom. The second-order valence-corrected chi connectivity index (χ2v) is 21.9. The van der Waals surface area contributed by atoms with E-state index in [-0.39, 0.29) is 11.7 Å². The summed E-state index contributed by atoms with van der Waals surface area (Å²) in [5, 5.41) is 45.2. The average molecular weight is 1290 g/mol. The molecule has 0 unspecified atom stereocenters. The van der Waals surface area contributed by atoms with Gasteiger partial charge in [0.05, 0.1) is 24.6 Å². The van der Waals surface area contributed by atoms with Crippen LogP contribution in [0.5, 0.6) is 0 Å². The zero-order valence-corrected chi connectivity index (χ0v) is 53.1. The van der Waals surface area contributed by atoms with Gasteiger partial charge in [0.2, 0.25) is 0 Å². The van der Waals surface area contributed by atoms with Crippen molar-refractivity contribution >= 4 is 98.7 Å². The first-order valence-corrected chi connectivity index (χ1v) is 28.4. The number of nitrogens with one attached hydrogen (secondary N) is 2. The number of ether oxygens (including phenoxy) is 2. The number of pyridine rings is 4. The van der Waals surface area contributed by atoms with Crippen LogP contribution in [0.25, 0.3) is 17.5 Å². The second kappa shape index (κ2) is 32.5. The van der Waals surface area contributed by atoms with Crippen LogP contribution in [0.3, 0.4) is 0 Å². The minimum Gasteiger partial charge on any atom is -0.461 e. The summed E-state index contributed by atoms with van der Waals surface area (Å²) in [4.78, 5) is 39.0. The average Bonchev–Trinajstić information content (AvgIpc) is 2.75. The number of carbonyl (C=O) groups is 2. The largest absolute Gasteiger partial charge is 0.461 e. The van der Waals surface area contributed by atoms with Crippen LogP contribution in [-0.2, 0) is 20.7 Å². The Morgan fingerprint density at radius 3 is 1.35 bits per heavy atom. The number of aromatic nitrogens is 12. The van der Waals surface area contributed by atoms with Gasteiger partial charge < -0.3 is 30.7 Å². The molecule has 20 nitrogen and oxygen atoms in total. The number of aliphatic hydroxyl groups is 2. The van der Waals surface area contributed by atoms with E-state index in [2.05, 4.69) is 55.5 Å². The highest BCUT2D eigenvalue weighted by Gasteiger charge is 2.21. The van der Waals surface area contributed by atoms with Crippen molar-refractivity contribution in [1.29, 1.82) is 0 Å². The van der Waals surface area contributed by atoms with Crippen molar-refractivity contribution in [1.82, 2.24) is 59.5 Å². The van der Waals surface area contributed by atoms with E-state index >= 15 is 0 Å². The Labute approximate surface area is 528 Å². The second-order valence-electron chi connectivity index (χ2n) is 19.5. The van der Waals surface area contributed by atoms with Crippen molar-refractivity contribution < 1.29 is 29.3 Å². The molecule has 8 aromatic heterocycles. The topological polar surface area (TPSA) is 265 Å². The zero-order chi connectivity index (χ0) is 63.3. The lowest BCUT2D eigenvalue weighted by Gasteiger charge is -2.13. The predicted molar refractivity (Wildman–Crippen MR) is 339 cm³/mol. The number of hydrogen-bond acceptors (Lipinski definition) is 16. The number of aryl methyl sites for hydroxylation is 4. The summed E-state index contributed by atoms with van der Waals surface area (Å²) in [5.74, 6) is 1.80. The van der Waals surface area contributed by atoms with Gasteiger partial charge in [0, 0.05) is 46.2 Å². The molecular weight excluding hydrogens is 1230 g/mol. The van der Waals surface area contributed by atoms with Crippen molar-refractivity contribution in [3.8, 4) is 17.5 Å². The molecule has 6 N–H and O–H groups in total. The molecule has 0 amide bonds. The number of aromatic amines is 1. The SMILES string of the molecule is CCOC(=O)c1ccn(-c2cc(C)cc(Cl)n2)n1.CCOC(=O)c1ccn[nH]1.Cc1cc(Cl)nc(-n2ccc(C(C)(C)O)n2)c1.Cc1cc(Cl)nc(Cl)c1.Cc1cc(Nc2ccc(Cl)cc2)nc(-n2ccc(C(C)(C)O)n2)c1.Nc1ccc(Cl)cc1. The monoisotopic (exact) mass is 1290 g/mol. The first kappa shape index (κ1) is 68.9. The number of halogens is 6. The molecule has 0 bridgehead atoms. The third kappa shape index (κ3) is 23.2. The van der Waals surface area contributed by atoms with E-state index in [1.165, 1.54) is 10.9 Å². The number of hydrogen-bond donors (Lipinski definition) is 5. The maximum atomic E-state index is 11.5.